The van der Waals surface area contributed by atoms with E-state index in [0.29, 0.717) is 5.69 Å². The molecule has 1 atom stereocenters. The molecule has 12 heavy (non-hydrogen) atoms. The lowest BCUT2D eigenvalue weighted by Crippen LogP contribution is -2.16. The lowest BCUT2D eigenvalue weighted by molar-refractivity contribution is -0.149. The molecular weight excluding hydrogens is 160 g/mol. The zero-order valence-electron chi connectivity index (χ0n) is 6.89. The van der Waals surface area contributed by atoms with Gasteiger partial charge in [-0.15, -0.1) is 0 Å². The number of imidazole rings is 1. The van der Waals surface area contributed by atoms with Gasteiger partial charge in [0.2, 0.25) is 0 Å². The first-order chi connectivity index (χ1) is 5.66. The van der Waals surface area contributed by atoms with Gasteiger partial charge in [-0.25, -0.2) is 9.78 Å². The highest BCUT2D eigenvalue weighted by atomic mass is 16.5. The molecule has 66 valence electrons. The summed E-state index contributed by atoms with van der Waals surface area (Å²) in [6, 6.07) is 0. The topological polar surface area (TPSA) is 64.3 Å². The number of aliphatic carboxylic acids is 1. The first-order valence-electron chi connectivity index (χ1n) is 3.38. The number of rotatable bonds is 3. The highest BCUT2D eigenvalue weighted by molar-refractivity contribution is 5.73. The van der Waals surface area contributed by atoms with E-state index in [2.05, 4.69) is 4.98 Å². The zero-order chi connectivity index (χ0) is 9.14. The Kier molecular flexibility index (Phi) is 2.44. The fourth-order valence-corrected chi connectivity index (χ4v) is 0.968. The van der Waals surface area contributed by atoms with Crippen LogP contribution in [-0.2, 0) is 16.6 Å². The largest absolute Gasteiger partial charge is 0.479 e. The minimum absolute atomic E-state index is 0.532. The highest BCUT2D eigenvalue weighted by Gasteiger charge is 2.21. The van der Waals surface area contributed by atoms with Crippen LogP contribution in [0.3, 0.4) is 0 Å². The number of carbonyl (C=O) groups is 1. The third-order valence-corrected chi connectivity index (χ3v) is 1.58. The summed E-state index contributed by atoms with van der Waals surface area (Å²) in [4.78, 5) is 14.4. The summed E-state index contributed by atoms with van der Waals surface area (Å²) in [5, 5.41) is 8.70. The van der Waals surface area contributed by atoms with Crippen molar-refractivity contribution in [1.29, 1.82) is 0 Å². The second kappa shape index (κ2) is 3.36. The number of carboxylic acids is 1. The Morgan fingerprint density at radius 2 is 2.50 bits per heavy atom. The Labute approximate surface area is 69.6 Å². The van der Waals surface area contributed by atoms with Gasteiger partial charge in [0, 0.05) is 14.2 Å². The van der Waals surface area contributed by atoms with E-state index in [0.717, 1.165) is 0 Å². The van der Waals surface area contributed by atoms with Crippen LogP contribution in [0, 0.1) is 0 Å². The van der Waals surface area contributed by atoms with Crippen molar-refractivity contribution in [2.24, 2.45) is 7.05 Å². The molecule has 1 N–H and O–H groups in total. The van der Waals surface area contributed by atoms with Gasteiger partial charge in [0.25, 0.3) is 0 Å². The van der Waals surface area contributed by atoms with Gasteiger partial charge < -0.3 is 14.4 Å². The third-order valence-electron chi connectivity index (χ3n) is 1.58. The molecule has 0 saturated carbocycles. The van der Waals surface area contributed by atoms with Gasteiger partial charge in [-0.3, -0.25) is 0 Å². The van der Waals surface area contributed by atoms with Crippen molar-refractivity contribution >= 4 is 5.97 Å². The fourth-order valence-electron chi connectivity index (χ4n) is 0.968. The van der Waals surface area contributed by atoms with E-state index < -0.39 is 12.1 Å². The van der Waals surface area contributed by atoms with E-state index in [1.165, 1.54) is 19.6 Å². The molecule has 0 spiro atoms. The van der Waals surface area contributed by atoms with Gasteiger partial charge in [-0.1, -0.05) is 0 Å². The first-order valence-corrected chi connectivity index (χ1v) is 3.38. The smallest absolute Gasteiger partial charge is 0.339 e. The van der Waals surface area contributed by atoms with Crippen LogP contribution in [0.25, 0.3) is 0 Å². The van der Waals surface area contributed by atoms with E-state index in [1.54, 1.807) is 11.6 Å². The number of nitrogens with zero attached hydrogens (tertiary/aromatic N) is 2. The number of methoxy groups -OCH3 is 1. The lowest BCUT2D eigenvalue weighted by atomic mass is 10.3. The van der Waals surface area contributed by atoms with Crippen molar-refractivity contribution in [2.45, 2.75) is 6.10 Å². The molecule has 0 aliphatic rings. The summed E-state index contributed by atoms with van der Waals surface area (Å²) in [7, 11) is 3.07. The van der Waals surface area contributed by atoms with Crippen molar-refractivity contribution in [3.63, 3.8) is 0 Å². The van der Waals surface area contributed by atoms with E-state index in [1.807, 2.05) is 0 Å². The first kappa shape index (κ1) is 8.73. The summed E-state index contributed by atoms with van der Waals surface area (Å²) >= 11 is 0. The molecule has 5 nitrogen and oxygen atoms in total. The van der Waals surface area contributed by atoms with Gasteiger partial charge in [0.1, 0.15) is 0 Å². The third kappa shape index (κ3) is 1.45. The maximum absolute atomic E-state index is 10.6. The van der Waals surface area contributed by atoms with Crippen molar-refractivity contribution in [3.05, 3.63) is 18.2 Å². The van der Waals surface area contributed by atoms with Gasteiger partial charge in [-0.05, 0) is 0 Å². The van der Waals surface area contributed by atoms with Crippen LogP contribution >= 0.6 is 0 Å². The molecule has 0 aliphatic heterocycles. The van der Waals surface area contributed by atoms with E-state index in [4.69, 9.17) is 9.84 Å². The highest BCUT2D eigenvalue weighted by Crippen LogP contribution is 2.14. The molecule has 1 heterocycles. The molecule has 0 aromatic carbocycles. The molecule has 0 amide bonds. The molecule has 1 rings (SSSR count). The number of carboxylic acid groups (broad SMARTS) is 1. The van der Waals surface area contributed by atoms with Crippen molar-refractivity contribution in [3.8, 4) is 0 Å². The number of aromatic nitrogens is 2. The monoisotopic (exact) mass is 170 g/mol. The summed E-state index contributed by atoms with van der Waals surface area (Å²) < 4.78 is 6.39. The Morgan fingerprint density at radius 1 is 1.83 bits per heavy atom. The summed E-state index contributed by atoms with van der Waals surface area (Å²) in [5.41, 5.74) is 0.532. The minimum atomic E-state index is -1.01. The second-order valence-corrected chi connectivity index (χ2v) is 2.38. The van der Waals surface area contributed by atoms with Crippen LogP contribution in [0.1, 0.15) is 11.8 Å². The van der Waals surface area contributed by atoms with E-state index in [9.17, 15) is 4.79 Å². The summed E-state index contributed by atoms with van der Waals surface area (Å²) in [5.74, 6) is -1.01. The van der Waals surface area contributed by atoms with Gasteiger partial charge in [0.15, 0.2) is 6.10 Å². The predicted octanol–water partition coefficient (Wildman–Crippen LogP) is 0.192. The van der Waals surface area contributed by atoms with Crippen LogP contribution < -0.4 is 0 Å². The van der Waals surface area contributed by atoms with Crippen LogP contribution in [-0.4, -0.2) is 27.7 Å². The van der Waals surface area contributed by atoms with Gasteiger partial charge >= 0.3 is 5.97 Å². The van der Waals surface area contributed by atoms with Crippen LogP contribution in [0.5, 0.6) is 0 Å². The quantitative estimate of drug-likeness (QED) is 0.703. The van der Waals surface area contributed by atoms with Crippen molar-refractivity contribution in [1.82, 2.24) is 9.55 Å². The van der Waals surface area contributed by atoms with Gasteiger partial charge in [-0.2, -0.15) is 0 Å². The lowest BCUT2D eigenvalue weighted by Gasteiger charge is -2.09. The minimum Gasteiger partial charge on any atom is -0.479 e. The van der Waals surface area contributed by atoms with Crippen LogP contribution in [0.15, 0.2) is 12.5 Å². The molecular formula is C7H10N2O3. The number of hydrogen-bond donors (Lipinski definition) is 1. The molecule has 0 fully saturated rings. The molecule has 1 aromatic rings. The Bertz CT molecular complexity index is 282. The van der Waals surface area contributed by atoms with Crippen molar-refractivity contribution in [2.75, 3.05) is 7.11 Å². The molecule has 0 radical (unpaired) electrons. The standard InChI is InChI=1S/C7H10N2O3/c1-9-4-8-3-5(9)6(12-2)7(10)11/h3-4,6H,1-2H3,(H,10,11). The maximum atomic E-state index is 10.6. The number of hydrogen-bond acceptors (Lipinski definition) is 3. The summed E-state index contributed by atoms with van der Waals surface area (Å²) in [6.07, 6.45) is 2.07. The summed E-state index contributed by atoms with van der Waals surface area (Å²) in [6.45, 7) is 0. The van der Waals surface area contributed by atoms with Gasteiger partial charge in [0.05, 0.1) is 18.2 Å². The number of aryl methyl sites for hydroxylation is 1. The molecule has 0 aliphatic carbocycles. The molecule has 0 bridgehead atoms. The van der Waals surface area contributed by atoms with Crippen molar-refractivity contribution < 1.29 is 14.6 Å². The Balaban J connectivity index is 2.94. The number of ether oxygens (including phenoxy) is 1. The average Bonchev–Trinajstić information content (AvgIpc) is 2.38. The maximum Gasteiger partial charge on any atom is 0.339 e. The van der Waals surface area contributed by atoms with E-state index in [-0.39, 0.29) is 0 Å². The predicted molar refractivity (Wildman–Crippen MR) is 40.6 cm³/mol. The average molecular weight is 170 g/mol. The molecule has 5 heteroatoms. The van der Waals surface area contributed by atoms with E-state index >= 15 is 0 Å². The zero-order valence-corrected chi connectivity index (χ0v) is 6.89. The van der Waals surface area contributed by atoms with Crippen LogP contribution in [0.2, 0.25) is 0 Å². The molecule has 1 aromatic heterocycles. The Hall–Kier alpha value is -1.36. The normalized spacial score (nSPS) is 12.8. The molecule has 1 unspecified atom stereocenters. The fraction of sp³-hybridized carbons (Fsp3) is 0.429. The van der Waals surface area contributed by atoms with Crippen LogP contribution in [0.4, 0.5) is 0 Å². The SMILES string of the molecule is COC(C(=O)O)c1cncn1C. The second-order valence-electron chi connectivity index (χ2n) is 2.38. The molecule has 0 saturated heterocycles. The Morgan fingerprint density at radius 3 is 2.83 bits per heavy atom.